The van der Waals surface area contributed by atoms with Gasteiger partial charge in [-0.15, -0.1) is 0 Å². The Morgan fingerprint density at radius 2 is 2.33 bits per heavy atom. The van der Waals surface area contributed by atoms with Crippen molar-refractivity contribution in [2.45, 2.75) is 19.8 Å². The first-order valence-electron chi connectivity index (χ1n) is 6.50. The number of likely N-dealkylation sites (tertiary alicyclic amines) is 1. The SMILES string of the molecule is CC1CCN(CCNC(=O)Nc2cn[nH]c2)CC1. The van der Waals surface area contributed by atoms with Crippen molar-refractivity contribution in [3.05, 3.63) is 12.4 Å². The molecule has 3 N–H and O–H groups in total. The minimum atomic E-state index is -0.179. The molecular weight excluding hydrogens is 230 g/mol. The fraction of sp³-hybridized carbons (Fsp3) is 0.667. The molecule has 1 aliphatic rings. The highest BCUT2D eigenvalue weighted by Crippen LogP contribution is 2.15. The summed E-state index contributed by atoms with van der Waals surface area (Å²) in [7, 11) is 0. The van der Waals surface area contributed by atoms with Gasteiger partial charge in [0.1, 0.15) is 0 Å². The maximum absolute atomic E-state index is 11.5. The number of rotatable bonds is 4. The molecule has 18 heavy (non-hydrogen) atoms. The van der Waals surface area contributed by atoms with Gasteiger partial charge in [0.15, 0.2) is 0 Å². The van der Waals surface area contributed by atoms with Crippen LogP contribution in [0.25, 0.3) is 0 Å². The summed E-state index contributed by atoms with van der Waals surface area (Å²) in [6.07, 6.45) is 5.75. The molecule has 1 aromatic rings. The van der Waals surface area contributed by atoms with E-state index < -0.39 is 0 Å². The second-order valence-corrected chi connectivity index (χ2v) is 4.89. The Bertz CT molecular complexity index is 357. The van der Waals surface area contributed by atoms with Crippen LogP contribution < -0.4 is 10.6 Å². The van der Waals surface area contributed by atoms with Gasteiger partial charge in [0, 0.05) is 19.3 Å². The number of amides is 2. The highest BCUT2D eigenvalue weighted by molar-refractivity contribution is 5.88. The maximum atomic E-state index is 11.5. The number of H-pyrrole nitrogens is 1. The second-order valence-electron chi connectivity index (χ2n) is 4.89. The minimum absolute atomic E-state index is 0.179. The van der Waals surface area contributed by atoms with Gasteiger partial charge in [-0.2, -0.15) is 5.10 Å². The smallest absolute Gasteiger partial charge is 0.319 e. The minimum Gasteiger partial charge on any atom is -0.337 e. The number of aromatic nitrogens is 2. The summed E-state index contributed by atoms with van der Waals surface area (Å²) in [5, 5.41) is 12.0. The van der Waals surface area contributed by atoms with Crippen LogP contribution in [-0.2, 0) is 0 Å². The zero-order valence-electron chi connectivity index (χ0n) is 10.8. The van der Waals surface area contributed by atoms with Crippen LogP contribution in [0.4, 0.5) is 10.5 Å². The molecule has 0 radical (unpaired) electrons. The third-order valence-electron chi connectivity index (χ3n) is 3.35. The number of nitrogens with one attached hydrogen (secondary N) is 3. The summed E-state index contributed by atoms with van der Waals surface area (Å²) in [6.45, 7) is 6.19. The van der Waals surface area contributed by atoms with Crippen molar-refractivity contribution in [2.75, 3.05) is 31.5 Å². The van der Waals surface area contributed by atoms with Crippen LogP contribution in [0.5, 0.6) is 0 Å². The van der Waals surface area contributed by atoms with E-state index in [1.54, 1.807) is 12.4 Å². The number of piperidine rings is 1. The molecular formula is C12H21N5O. The fourth-order valence-electron chi connectivity index (χ4n) is 2.11. The van der Waals surface area contributed by atoms with E-state index in [4.69, 9.17) is 0 Å². The Morgan fingerprint density at radius 3 is 3.00 bits per heavy atom. The number of carbonyl (C=O) groups excluding carboxylic acids is 1. The molecule has 0 aliphatic carbocycles. The number of aromatic amines is 1. The molecule has 2 amide bonds. The first-order chi connectivity index (χ1) is 8.74. The van der Waals surface area contributed by atoms with E-state index in [0.29, 0.717) is 12.2 Å². The molecule has 6 nitrogen and oxygen atoms in total. The predicted octanol–water partition coefficient (Wildman–Crippen LogP) is 1.26. The third-order valence-corrected chi connectivity index (χ3v) is 3.35. The van der Waals surface area contributed by atoms with Gasteiger partial charge < -0.3 is 15.5 Å². The number of nitrogens with zero attached hydrogens (tertiary/aromatic N) is 2. The average molecular weight is 251 g/mol. The maximum Gasteiger partial charge on any atom is 0.319 e. The normalized spacial score (nSPS) is 17.6. The molecule has 1 fully saturated rings. The Kier molecular flexibility index (Phi) is 4.58. The monoisotopic (exact) mass is 251 g/mol. The van der Waals surface area contributed by atoms with Crippen LogP contribution in [0.1, 0.15) is 19.8 Å². The topological polar surface area (TPSA) is 73.1 Å². The lowest BCUT2D eigenvalue weighted by atomic mass is 9.99. The number of carbonyl (C=O) groups is 1. The Labute approximate surface area is 107 Å². The van der Waals surface area contributed by atoms with Crippen LogP contribution >= 0.6 is 0 Å². The molecule has 0 bridgehead atoms. The van der Waals surface area contributed by atoms with Gasteiger partial charge >= 0.3 is 6.03 Å². The summed E-state index contributed by atoms with van der Waals surface area (Å²) in [4.78, 5) is 13.9. The highest BCUT2D eigenvalue weighted by atomic mass is 16.2. The number of urea groups is 1. The van der Waals surface area contributed by atoms with Crippen LogP contribution in [0.15, 0.2) is 12.4 Å². The molecule has 0 atom stereocenters. The largest absolute Gasteiger partial charge is 0.337 e. The third kappa shape index (κ3) is 4.03. The lowest BCUT2D eigenvalue weighted by molar-refractivity contribution is 0.192. The van der Waals surface area contributed by atoms with Crippen molar-refractivity contribution in [1.29, 1.82) is 0 Å². The molecule has 100 valence electrons. The summed E-state index contributed by atoms with van der Waals surface area (Å²) >= 11 is 0. The quantitative estimate of drug-likeness (QED) is 0.754. The zero-order chi connectivity index (χ0) is 12.8. The Morgan fingerprint density at radius 1 is 1.56 bits per heavy atom. The van der Waals surface area contributed by atoms with E-state index in [9.17, 15) is 4.79 Å². The molecule has 2 heterocycles. The van der Waals surface area contributed by atoms with E-state index in [2.05, 4.69) is 32.7 Å². The van der Waals surface area contributed by atoms with Gasteiger partial charge in [-0.3, -0.25) is 5.10 Å². The van der Waals surface area contributed by atoms with Crippen LogP contribution in [-0.4, -0.2) is 47.3 Å². The molecule has 0 unspecified atom stereocenters. The van der Waals surface area contributed by atoms with E-state index in [0.717, 1.165) is 25.6 Å². The van der Waals surface area contributed by atoms with Gasteiger partial charge in [-0.05, 0) is 31.8 Å². The van der Waals surface area contributed by atoms with Crippen molar-refractivity contribution < 1.29 is 4.79 Å². The Hall–Kier alpha value is -1.56. The van der Waals surface area contributed by atoms with Crippen molar-refractivity contribution in [3.8, 4) is 0 Å². The van der Waals surface area contributed by atoms with Crippen LogP contribution in [0.3, 0.4) is 0 Å². The molecule has 1 aromatic heterocycles. The molecule has 2 rings (SSSR count). The van der Waals surface area contributed by atoms with Gasteiger partial charge in [0.2, 0.25) is 0 Å². The van der Waals surface area contributed by atoms with E-state index in [1.165, 1.54) is 12.8 Å². The molecule has 1 aliphatic heterocycles. The van der Waals surface area contributed by atoms with Gasteiger partial charge in [-0.25, -0.2) is 4.79 Å². The summed E-state index contributed by atoms with van der Waals surface area (Å²) in [6, 6.07) is -0.179. The summed E-state index contributed by atoms with van der Waals surface area (Å²) in [5.41, 5.74) is 0.680. The standard InChI is InChI=1S/C12H21N5O/c1-10-2-5-17(6-3-10)7-4-13-12(18)16-11-8-14-15-9-11/h8-10H,2-7H2,1H3,(H,14,15)(H2,13,16,18). The van der Waals surface area contributed by atoms with E-state index >= 15 is 0 Å². The number of hydrogen-bond acceptors (Lipinski definition) is 3. The van der Waals surface area contributed by atoms with E-state index in [-0.39, 0.29) is 6.03 Å². The lowest BCUT2D eigenvalue weighted by Crippen LogP contribution is -2.40. The van der Waals surface area contributed by atoms with Crippen LogP contribution in [0, 0.1) is 5.92 Å². The highest BCUT2D eigenvalue weighted by Gasteiger charge is 2.15. The summed E-state index contributed by atoms with van der Waals surface area (Å²) < 4.78 is 0. The van der Waals surface area contributed by atoms with Crippen molar-refractivity contribution in [3.63, 3.8) is 0 Å². The average Bonchev–Trinajstić information content (AvgIpc) is 2.84. The van der Waals surface area contributed by atoms with Crippen LogP contribution in [0.2, 0.25) is 0 Å². The molecule has 6 heteroatoms. The van der Waals surface area contributed by atoms with E-state index in [1.807, 2.05) is 0 Å². The van der Waals surface area contributed by atoms with Crippen molar-refractivity contribution >= 4 is 11.7 Å². The molecule has 0 spiro atoms. The summed E-state index contributed by atoms with van der Waals surface area (Å²) in [5.74, 6) is 0.846. The number of hydrogen-bond donors (Lipinski definition) is 3. The predicted molar refractivity (Wildman–Crippen MR) is 70.4 cm³/mol. The van der Waals surface area contributed by atoms with Gasteiger partial charge in [-0.1, -0.05) is 6.92 Å². The molecule has 0 aromatic carbocycles. The fourth-order valence-corrected chi connectivity index (χ4v) is 2.11. The van der Waals surface area contributed by atoms with Crippen molar-refractivity contribution in [2.24, 2.45) is 5.92 Å². The molecule has 1 saturated heterocycles. The zero-order valence-corrected chi connectivity index (χ0v) is 10.8. The second kappa shape index (κ2) is 6.39. The number of anilines is 1. The van der Waals surface area contributed by atoms with Crippen molar-refractivity contribution in [1.82, 2.24) is 20.4 Å². The van der Waals surface area contributed by atoms with Gasteiger partial charge in [0.25, 0.3) is 0 Å². The Balaban J connectivity index is 1.59. The first kappa shape index (κ1) is 12.9. The van der Waals surface area contributed by atoms with Gasteiger partial charge in [0.05, 0.1) is 11.9 Å². The molecule has 0 saturated carbocycles. The first-order valence-corrected chi connectivity index (χ1v) is 6.50. The lowest BCUT2D eigenvalue weighted by Gasteiger charge is -2.30.